The highest BCUT2D eigenvalue weighted by molar-refractivity contribution is 9.10. The van der Waals surface area contributed by atoms with Gasteiger partial charge in [0.1, 0.15) is 5.82 Å². The van der Waals surface area contributed by atoms with Crippen molar-refractivity contribution >= 4 is 15.9 Å². The van der Waals surface area contributed by atoms with Crippen LogP contribution in [0.3, 0.4) is 0 Å². The first-order chi connectivity index (χ1) is 9.65. The molecule has 0 aliphatic heterocycles. The van der Waals surface area contributed by atoms with Gasteiger partial charge in [0.2, 0.25) is 0 Å². The van der Waals surface area contributed by atoms with Crippen molar-refractivity contribution in [3.05, 3.63) is 68.9 Å². The molecule has 1 atom stereocenters. The summed E-state index contributed by atoms with van der Waals surface area (Å²) in [5.74, 6) is -0.257. The summed E-state index contributed by atoms with van der Waals surface area (Å²) in [5.41, 5.74) is 11.2. The molecule has 2 aromatic carbocycles. The van der Waals surface area contributed by atoms with E-state index in [9.17, 15) is 4.39 Å². The van der Waals surface area contributed by atoms with Gasteiger partial charge in [0.05, 0.1) is 4.47 Å². The second-order valence-corrected chi connectivity index (χ2v) is 6.20. The fourth-order valence-corrected chi connectivity index (χ4v) is 3.48. The molecule has 0 saturated carbocycles. The Balaban J connectivity index is 1.82. The van der Waals surface area contributed by atoms with E-state index in [1.165, 1.54) is 42.0 Å². The van der Waals surface area contributed by atoms with Crippen LogP contribution in [-0.2, 0) is 19.3 Å². The third-order valence-electron chi connectivity index (χ3n) is 4.00. The first-order valence-electron chi connectivity index (χ1n) is 6.95. The van der Waals surface area contributed by atoms with Crippen LogP contribution in [-0.4, -0.2) is 0 Å². The first kappa shape index (κ1) is 13.8. The van der Waals surface area contributed by atoms with Crippen LogP contribution in [0.2, 0.25) is 0 Å². The van der Waals surface area contributed by atoms with Gasteiger partial charge in [-0.3, -0.25) is 0 Å². The van der Waals surface area contributed by atoms with Crippen LogP contribution >= 0.6 is 15.9 Å². The van der Waals surface area contributed by atoms with Gasteiger partial charge in [-0.2, -0.15) is 0 Å². The Bertz CT molecular complexity index is 639. The first-order valence-corrected chi connectivity index (χ1v) is 7.74. The highest BCUT2D eigenvalue weighted by atomic mass is 79.9. The summed E-state index contributed by atoms with van der Waals surface area (Å²) in [6.07, 6.45) is 4.34. The van der Waals surface area contributed by atoms with Gasteiger partial charge in [-0.05, 0) is 69.9 Å². The molecule has 104 valence electrons. The van der Waals surface area contributed by atoms with Crippen molar-refractivity contribution in [1.29, 1.82) is 0 Å². The largest absolute Gasteiger partial charge is 0.324 e. The van der Waals surface area contributed by atoms with Crippen LogP contribution in [0.4, 0.5) is 4.39 Å². The smallest absolute Gasteiger partial charge is 0.137 e. The van der Waals surface area contributed by atoms with E-state index in [1.807, 2.05) is 6.07 Å². The predicted molar refractivity (Wildman–Crippen MR) is 83.2 cm³/mol. The molecule has 1 aliphatic carbocycles. The second kappa shape index (κ2) is 5.66. The fraction of sp³-hybridized carbons (Fsp3) is 0.294. The van der Waals surface area contributed by atoms with Gasteiger partial charge in [0, 0.05) is 6.04 Å². The Hall–Kier alpha value is -1.19. The molecule has 1 nitrogen and oxygen atoms in total. The molecule has 2 N–H and O–H groups in total. The van der Waals surface area contributed by atoms with Gasteiger partial charge < -0.3 is 5.73 Å². The fourth-order valence-electron chi connectivity index (χ4n) is 2.92. The molecule has 0 bridgehead atoms. The molecule has 20 heavy (non-hydrogen) atoms. The van der Waals surface area contributed by atoms with Crippen molar-refractivity contribution in [3.63, 3.8) is 0 Å². The van der Waals surface area contributed by atoms with E-state index >= 15 is 0 Å². The van der Waals surface area contributed by atoms with E-state index in [0.29, 0.717) is 4.47 Å². The van der Waals surface area contributed by atoms with Crippen molar-refractivity contribution in [2.45, 2.75) is 31.7 Å². The zero-order chi connectivity index (χ0) is 14.1. The molecule has 2 aromatic rings. The molecule has 3 heteroatoms. The lowest BCUT2D eigenvalue weighted by atomic mass is 9.97. The van der Waals surface area contributed by atoms with Crippen LogP contribution in [0.1, 0.15) is 34.7 Å². The van der Waals surface area contributed by atoms with Crippen molar-refractivity contribution < 1.29 is 4.39 Å². The normalized spacial score (nSPS) is 15.2. The minimum atomic E-state index is -0.257. The predicted octanol–water partition coefficient (Wildman–Crippen LogP) is 4.32. The van der Waals surface area contributed by atoms with Gasteiger partial charge in [0.25, 0.3) is 0 Å². The van der Waals surface area contributed by atoms with Gasteiger partial charge in [-0.1, -0.05) is 30.3 Å². The summed E-state index contributed by atoms with van der Waals surface area (Å²) in [5, 5.41) is 0. The maximum atomic E-state index is 13.6. The zero-order valence-electron chi connectivity index (χ0n) is 11.2. The van der Waals surface area contributed by atoms with Crippen LogP contribution < -0.4 is 5.73 Å². The highest BCUT2D eigenvalue weighted by Crippen LogP contribution is 2.28. The lowest BCUT2D eigenvalue weighted by Crippen LogP contribution is -2.14. The second-order valence-electron chi connectivity index (χ2n) is 5.41. The molecule has 0 amide bonds. The van der Waals surface area contributed by atoms with E-state index < -0.39 is 0 Å². The summed E-state index contributed by atoms with van der Waals surface area (Å²) >= 11 is 3.29. The number of hydrogen-bond acceptors (Lipinski definition) is 1. The molecule has 0 heterocycles. The topological polar surface area (TPSA) is 26.0 Å². The zero-order valence-corrected chi connectivity index (χ0v) is 12.8. The lowest BCUT2D eigenvalue weighted by molar-refractivity contribution is 0.610. The number of fused-ring (bicyclic) bond motifs is 1. The third kappa shape index (κ3) is 2.65. The molecule has 3 rings (SSSR count). The Kier molecular flexibility index (Phi) is 3.90. The maximum absolute atomic E-state index is 13.6. The number of rotatable bonds is 3. The van der Waals surface area contributed by atoms with Gasteiger partial charge in [-0.15, -0.1) is 0 Å². The molecule has 0 radical (unpaired) electrons. The van der Waals surface area contributed by atoms with Crippen LogP contribution in [0.15, 0.2) is 40.9 Å². The average molecular weight is 334 g/mol. The Labute approximate surface area is 127 Å². The summed E-state index contributed by atoms with van der Waals surface area (Å²) in [6.45, 7) is 0. The molecule has 0 saturated heterocycles. The van der Waals surface area contributed by atoms with E-state index in [1.54, 1.807) is 6.07 Å². The van der Waals surface area contributed by atoms with E-state index in [0.717, 1.165) is 12.0 Å². The Morgan fingerprint density at radius 2 is 1.95 bits per heavy atom. The Morgan fingerprint density at radius 1 is 1.15 bits per heavy atom. The summed E-state index contributed by atoms with van der Waals surface area (Å²) in [4.78, 5) is 0. The van der Waals surface area contributed by atoms with Crippen molar-refractivity contribution in [1.82, 2.24) is 0 Å². The molecular weight excluding hydrogens is 317 g/mol. The van der Waals surface area contributed by atoms with E-state index in [4.69, 9.17) is 5.73 Å². The quantitative estimate of drug-likeness (QED) is 0.889. The van der Waals surface area contributed by atoms with Crippen LogP contribution in [0.25, 0.3) is 0 Å². The number of nitrogens with two attached hydrogens (primary N) is 1. The molecule has 1 unspecified atom stereocenters. The minimum absolute atomic E-state index is 0.195. The molecule has 0 spiro atoms. The van der Waals surface area contributed by atoms with Crippen molar-refractivity contribution in [2.75, 3.05) is 0 Å². The number of benzene rings is 2. The molecule has 0 fully saturated rings. The molecule has 0 aromatic heterocycles. The summed E-state index contributed by atoms with van der Waals surface area (Å²) in [7, 11) is 0. The van der Waals surface area contributed by atoms with Crippen molar-refractivity contribution in [2.24, 2.45) is 5.73 Å². The van der Waals surface area contributed by atoms with E-state index in [2.05, 4.69) is 34.1 Å². The SMILES string of the molecule is NC(Cc1ccc2c(c1)CCC2)c1cccc(F)c1Br. The van der Waals surface area contributed by atoms with Gasteiger partial charge in [-0.25, -0.2) is 4.39 Å². The lowest BCUT2D eigenvalue weighted by Gasteiger charge is -2.15. The average Bonchev–Trinajstić information content (AvgIpc) is 2.89. The summed E-state index contributed by atoms with van der Waals surface area (Å²) in [6, 6.07) is 11.5. The van der Waals surface area contributed by atoms with Crippen LogP contribution in [0.5, 0.6) is 0 Å². The van der Waals surface area contributed by atoms with Gasteiger partial charge in [0.15, 0.2) is 0 Å². The van der Waals surface area contributed by atoms with Crippen molar-refractivity contribution in [3.8, 4) is 0 Å². The number of hydrogen-bond donors (Lipinski definition) is 1. The highest BCUT2D eigenvalue weighted by Gasteiger charge is 2.15. The third-order valence-corrected chi connectivity index (χ3v) is 4.84. The van der Waals surface area contributed by atoms with Gasteiger partial charge >= 0.3 is 0 Å². The number of aryl methyl sites for hydroxylation is 2. The minimum Gasteiger partial charge on any atom is -0.324 e. The summed E-state index contributed by atoms with van der Waals surface area (Å²) < 4.78 is 14.0. The molecular formula is C17H17BrFN. The monoisotopic (exact) mass is 333 g/mol. The number of halogens is 2. The molecule has 1 aliphatic rings. The van der Waals surface area contributed by atoms with E-state index in [-0.39, 0.29) is 11.9 Å². The van der Waals surface area contributed by atoms with Crippen LogP contribution in [0, 0.1) is 5.82 Å². The Morgan fingerprint density at radius 3 is 2.80 bits per heavy atom. The standard InChI is InChI=1S/C17H17BrFN/c18-17-14(5-2-6-15(17)19)16(20)10-11-7-8-12-3-1-4-13(12)9-11/h2,5-9,16H,1,3-4,10,20H2. The maximum Gasteiger partial charge on any atom is 0.137 e.